The summed E-state index contributed by atoms with van der Waals surface area (Å²) in [5, 5.41) is 11.9. The highest BCUT2D eigenvalue weighted by Crippen LogP contribution is 2.53. The average Bonchev–Trinajstić information content (AvgIpc) is 3.56. The Labute approximate surface area is 200 Å². The van der Waals surface area contributed by atoms with E-state index in [2.05, 4.69) is 62.4 Å². The minimum absolute atomic E-state index is 0. The minimum Gasteiger partial charge on any atom is -0.490 e. The lowest BCUT2D eigenvalue weighted by Crippen LogP contribution is -2.39. The van der Waals surface area contributed by atoms with Gasteiger partial charge in [-0.3, -0.25) is 9.36 Å². The van der Waals surface area contributed by atoms with E-state index in [0.29, 0.717) is 5.56 Å². The lowest BCUT2D eigenvalue weighted by Gasteiger charge is -2.32. The highest BCUT2D eigenvalue weighted by atomic mass is 35.5. The topological polar surface area (TPSA) is 72.3 Å². The van der Waals surface area contributed by atoms with E-state index in [0.717, 1.165) is 56.3 Å². The molecule has 1 saturated carbocycles. The molecule has 1 saturated heterocycles. The molecule has 174 valence electrons. The first-order chi connectivity index (χ1) is 15.6. The number of ether oxygens (including phenoxy) is 1. The molecule has 2 aliphatic rings. The molecule has 0 radical (unpaired) electrons. The summed E-state index contributed by atoms with van der Waals surface area (Å²) in [5.74, 6) is 2.63. The number of nitrogens with zero attached hydrogens (tertiary/aromatic N) is 4. The predicted molar refractivity (Wildman–Crippen MR) is 130 cm³/mol. The molecule has 33 heavy (non-hydrogen) atoms. The zero-order chi connectivity index (χ0) is 22.1. The SMILES string of the molecule is CNC(=O)c1cccc(OC2CCN(c3nnc(C4(c5ccccc5)CC4)n3C)CC2)c1.Cl. The number of amides is 1. The number of halogens is 1. The van der Waals surface area contributed by atoms with Crippen molar-refractivity contribution in [3.63, 3.8) is 0 Å². The van der Waals surface area contributed by atoms with Crippen molar-refractivity contribution in [3.05, 3.63) is 71.5 Å². The Bertz CT molecular complexity index is 1100. The fourth-order valence-corrected chi connectivity index (χ4v) is 4.76. The van der Waals surface area contributed by atoms with Crippen LogP contribution in [0.2, 0.25) is 0 Å². The van der Waals surface area contributed by atoms with Crippen LogP contribution in [-0.4, -0.2) is 46.9 Å². The van der Waals surface area contributed by atoms with Crippen molar-refractivity contribution in [1.82, 2.24) is 20.1 Å². The van der Waals surface area contributed by atoms with Crippen molar-refractivity contribution in [2.45, 2.75) is 37.2 Å². The van der Waals surface area contributed by atoms with Crippen LogP contribution in [0.5, 0.6) is 5.75 Å². The van der Waals surface area contributed by atoms with E-state index in [1.165, 1.54) is 5.56 Å². The molecule has 1 amide bonds. The Morgan fingerprint density at radius 2 is 1.79 bits per heavy atom. The van der Waals surface area contributed by atoms with Crippen molar-refractivity contribution in [2.24, 2.45) is 7.05 Å². The molecule has 0 unspecified atom stereocenters. The van der Waals surface area contributed by atoms with E-state index in [4.69, 9.17) is 4.74 Å². The average molecular weight is 468 g/mol. The molecule has 8 heteroatoms. The van der Waals surface area contributed by atoms with Gasteiger partial charge < -0.3 is 15.0 Å². The van der Waals surface area contributed by atoms with Gasteiger partial charge in [0.25, 0.3) is 5.91 Å². The number of carbonyl (C=O) groups excluding carboxylic acids is 1. The highest BCUT2D eigenvalue weighted by Gasteiger charge is 2.50. The molecule has 2 heterocycles. The maximum absolute atomic E-state index is 11.9. The smallest absolute Gasteiger partial charge is 0.251 e. The zero-order valence-electron chi connectivity index (χ0n) is 19.0. The molecule has 0 atom stereocenters. The predicted octanol–water partition coefficient (Wildman–Crippen LogP) is 3.72. The first-order valence-corrected chi connectivity index (χ1v) is 11.3. The van der Waals surface area contributed by atoms with Gasteiger partial charge in [-0.2, -0.15) is 0 Å². The molecule has 3 aromatic rings. The maximum Gasteiger partial charge on any atom is 0.251 e. The molecule has 2 aromatic carbocycles. The molecule has 0 spiro atoms. The van der Waals surface area contributed by atoms with Gasteiger partial charge in [-0.1, -0.05) is 36.4 Å². The lowest BCUT2D eigenvalue weighted by atomic mass is 9.95. The summed E-state index contributed by atoms with van der Waals surface area (Å²) in [4.78, 5) is 14.2. The molecule has 1 N–H and O–H groups in total. The summed E-state index contributed by atoms with van der Waals surface area (Å²) >= 11 is 0. The van der Waals surface area contributed by atoms with Gasteiger partial charge in [-0.15, -0.1) is 22.6 Å². The van der Waals surface area contributed by atoms with Gasteiger partial charge in [0.2, 0.25) is 5.95 Å². The Morgan fingerprint density at radius 1 is 1.06 bits per heavy atom. The van der Waals surface area contributed by atoms with Crippen LogP contribution in [0, 0.1) is 0 Å². The number of nitrogens with one attached hydrogen (secondary N) is 1. The third-order valence-electron chi connectivity index (χ3n) is 6.71. The number of benzene rings is 2. The van der Waals surface area contributed by atoms with Crippen molar-refractivity contribution in [3.8, 4) is 5.75 Å². The number of hydrogen-bond acceptors (Lipinski definition) is 5. The van der Waals surface area contributed by atoms with Gasteiger partial charge in [-0.25, -0.2) is 0 Å². The van der Waals surface area contributed by atoms with Gasteiger partial charge in [-0.05, 0) is 36.6 Å². The third-order valence-corrected chi connectivity index (χ3v) is 6.71. The second kappa shape index (κ2) is 9.43. The standard InChI is InChI=1S/C25H29N5O2.ClH/c1-26-22(31)18-7-6-10-21(17-18)32-20-11-15-30(16-12-20)24-28-27-23(29(24)2)25(13-14-25)19-8-4-3-5-9-19;/h3-10,17,20H,11-16H2,1-2H3,(H,26,31);1H. The van der Waals surface area contributed by atoms with E-state index < -0.39 is 0 Å². The molecule has 0 bridgehead atoms. The van der Waals surface area contributed by atoms with Crippen LogP contribution in [0.4, 0.5) is 5.95 Å². The van der Waals surface area contributed by atoms with Crippen LogP contribution < -0.4 is 15.0 Å². The summed E-state index contributed by atoms with van der Waals surface area (Å²) in [7, 11) is 3.72. The summed E-state index contributed by atoms with van der Waals surface area (Å²) in [6, 6.07) is 18.0. The monoisotopic (exact) mass is 467 g/mol. The molecule has 1 aliphatic carbocycles. The Kier molecular flexibility index (Phi) is 6.61. The van der Waals surface area contributed by atoms with Crippen molar-refractivity contribution in [2.75, 3.05) is 25.0 Å². The van der Waals surface area contributed by atoms with E-state index >= 15 is 0 Å². The van der Waals surface area contributed by atoms with Crippen LogP contribution in [0.25, 0.3) is 0 Å². The lowest BCUT2D eigenvalue weighted by molar-refractivity contribution is 0.0962. The van der Waals surface area contributed by atoms with Crippen LogP contribution >= 0.6 is 12.4 Å². The summed E-state index contributed by atoms with van der Waals surface area (Å²) in [5.41, 5.74) is 1.95. The van der Waals surface area contributed by atoms with Gasteiger partial charge in [0, 0.05) is 45.6 Å². The zero-order valence-corrected chi connectivity index (χ0v) is 19.8. The molecule has 5 rings (SSSR count). The van der Waals surface area contributed by atoms with Crippen LogP contribution in [0.15, 0.2) is 54.6 Å². The van der Waals surface area contributed by atoms with E-state index in [1.807, 2.05) is 12.1 Å². The number of aromatic nitrogens is 3. The number of carbonyl (C=O) groups is 1. The van der Waals surface area contributed by atoms with Gasteiger partial charge in [0.05, 0.1) is 5.41 Å². The van der Waals surface area contributed by atoms with Crippen LogP contribution in [-0.2, 0) is 12.5 Å². The largest absolute Gasteiger partial charge is 0.490 e. The molecular formula is C25H30ClN5O2. The third kappa shape index (κ3) is 4.42. The summed E-state index contributed by atoms with van der Waals surface area (Å²) in [6.45, 7) is 1.73. The van der Waals surface area contributed by atoms with Gasteiger partial charge in [0.1, 0.15) is 17.7 Å². The Morgan fingerprint density at radius 3 is 2.45 bits per heavy atom. The Hall–Kier alpha value is -3.06. The number of piperidine rings is 1. The van der Waals surface area contributed by atoms with Crippen LogP contribution in [0.3, 0.4) is 0 Å². The maximum atomic E-state index is 11.9. The number of anilines is 1. The second-order valence-corrected chi connectivity index (χ2v) is 8.74. The minimum atomic E-state index is -0.104. The molecule has 1 aromatic heterocycles. The van der Waals surface area contributed by atoms with E-state index in [-0.39, 0.29) is 29.8 Å². The second-order valence-electron chi connectivity index (χ2n) is 8.74. The first kappa shape index (κ1) is 23.1. The number of rotatable bonds is 6. The fraction of sp³-hybridized carbons (Fsp3) is 0.400. The fourth-order valence-electron chi connectivity index (χ4n) is 4.76. The van der Waals surface area contributed by atoms with Crippen LogP contribution in [0.1, 0.15) is 47.4 Å². The van der Waals surface area contributed by atoms with E-state index in [1.54, 1.807) is 19.2 Å². The van der Waals surface area contributed by atoms with Crippen molar-refractivity contribution in [1.29, 1.82) is 0 Å². The first-order valence-electron chi connectivity index (χ1n) is 11.3. The summed E-state index contributed by atoms with van der Waals surface area (Å²) in [6.07, 6.45) is 4.16. The number of hydrogen-bond donors (Lipinski definition) is 1. The molecule has 2 fully saturated rings. The Balaban J connectivity index is 0.00000259. The van der Waals surface area contributed by atoms with E-state index in [9.17, 15) is 4.79 Å². The summed E-state index contributed by atoms with van der Waals surface area (Å²) < 4.78 is 8.36. The quantitative estimate of drug-likeness (QED) is 0.598. The van der Waals surface area contributed by atoms with Crippen molar-refractivity contribution < 1.29 is 9.53 Å². The normalized spacial score (nSPS) is 17.2. The van der Waals surface area contributed by atoms with Gasteiger partial charge >= 0.3 is 0 Å². The van der Waals surface area contributed by atoms with Gasteiger partial charge in [0.15, 0.2) is 0 Å². The van der Waals surface area contributed by atoms with Crippen molar-refractivity contribution >= 4 is 24.3 Å². The highest BCUT2D eigenvalue weighted by molar-refractivity contribution is 5.94. The molecule has 1 aliphatic heterocycles. The molecule has 7 nitrogen and oxygen atoms in total. The molecular weight excluding hydrogens is 438 g/mol.